The maximum absolute atomic E-state index is 12.3. The molecule has 3 aliphatic heterocycles. The minimum Gasteiger partial charge on any atom is -0.392 e. The fourth-order valence-corrected chi connectivity index (χ4v) is 2.83. The van der Waals surface area contributed by atoms with Crippen molar-refractivity contribution in [3.05, 3.63) is 0 Å². The summed E-state index contributed by atoms with van der Waals surface area (Å²) in [5.74, 6) is -4.83. The molecule has 3 heterocycles. The number of hydrogen-bond donors (Lipinski definition) is 1. The Labute approximate surface area is 123 Å². The van der Waals surface area contributed by atoms with E-state index in [0.717, 1.165) is 0 Å². The van der Waals surface area contributed by atoms with E-state index >= 15 is 0 Å². The summed E-state index contributed by atoms with van der Waals surface area (Å²) in [6.45, 7) is 0. The molecule has 0 aromatic heterocycles. The van der Waals surface area contributed by atoms with Gasteiger partial charge in [-0.15, -0.1) is 0 Å². The zero-order valence-electron chi connectivity index (χ0n) is 11.2. The van der Waals surface area contributed by atoms with Gasteiger partial charge in [-0.05, 0) is 0 Å². The zero-order chi connectivity index (χ0) is 16.2. The van der Waals surface area contributed by atoms with Crippen LogP contribution in [0.1, 0.15) is 19.3 Å². The highest BCUT2D eigenvalue weighted by molar-refractivity contribution is 6.15. The third-order valence-corrected chi connectivity index (χ3v) is 3.85. The number of nitrogens with two attached hydrogens (primary N) is 1. The molecule has 3 aliphatic rings. The van der Waals surface area contributed by atoms with Gasteiger partial charge in [0.1, 0.15) is 12.1 Å². The van der Waals surface area contributed by atoms with Crippen LogP contribution in [-0.2, 0) is 33.5 Å². The molecule has 10 heteroatoms. The third-order valence-electron chi connectivity index (χ3n) is 3.85. The highest BCUT2D eigenvalue weighted by Crippen LogP contribution is 2.28. The van der Waals surface area contributed by atoms with Crippen LogP contribution in [-0.4, -0.2) is 63.5 Å². The Balaban J connectivity index is 1.86. The molecule has 3 atom stereocenters. The van der Waals surface area contributed by atoms with Crippen LogP contribution >= 0.6 is 0 Å². The van der Waals surface area contributed by atoms with E-state index in [0.29, 0.717) is 9.80 Å². The molecule has 0 bridgehead atoms. The number of esters is 2. The lowest BCUT2D eigenvalue weighted by Crippen LogP contribution is -2.49. The lowest BCUT2D eigenvalue weighted by Gasteiger charge is -2.22. The van der Waals surface area contributed by atoms with Gasteiger partial charge >= 0.3 is 11.9 Å². The van der Waals surface area contributed by atoms with E-state index in [1.54, 1.807) is 0 Å². The van der Waals surface area contributed by atoms with Crippen LogP contribution in [0, 0.1) is 0 Å². The quantitative estimate of drug-likeness (QED) is 0.323. The SMILES string of the molecule is NC1CC(=O)N(C2CC(=O)N(C3CC(=O)OC3=O)C2=O)C1=O. The number of likely N-dealkylation sites (tertiary alicyclic amines) is 2. The highest BCUT2D eigenvalue weighted by Gasteiger charge is 2.54. The van der Waals surface area contributed by atoms with Crippen molar-refractivity contribution >= 4 is 35.6 Å². The van der Waals surface area contributed by atoms with Crippen LogP contribution in [0.2, 0.25) is 0 Å². The van der Waals surface area contributed by atoms with Crippen LogP contribution in [0.15, 0.2) is 0 Å². The zero-order valence-corrected chi connectivity index (χ0v) is 11.2. The monoisotopic (exact) mass is 309 g/mol. The fraction of sp³-hybridized carbons (Fsp3) is 0.500. The van der Waals surface area contributed by atoms with Crippen molar-refractivity contribution in [2.45, 2.75) is 37.4 Å². The highest BCUT2D eigenvalue weighted by atomic mass is 16.6. The third kappa shape index (κ3) is 1.91. The summed E-state index contributed by atoms with van der Waals surface area (Å²) in [4.78, 5) is 71.8. The molecule has 2 N–H and O–H groups in total. The van der Waals surface area contributed by atoms with E-state index in [1.165, 1.54) is 0 Å². The lowest BCUT2D eigenvalue weighted by atomic mass is 10.2. The van der Waals surface area contributed by atoms with Gasteiger partial charge in [0, 0.05) is 0 Å². The molecule has 0 spiro atoms. The van der Waals surface area contributed by atoms with Crippen molar-refractivity contribution in [3.63, 3.8) is 0 Å². The Morgan fingerprint density at radius 2 is 1.41 bits per heavy atom. The summed E-state index contributed by atoms with van der Waals surface area (Å²) >= 11 is 0. The van der Waals surface area contributed by atoms with Gasteiger partial charge in [-0.3, -0.25) is 33.8 Å². The maximum Gasteiger partial charge on any atom is 0.337 e. The van der Waals surface area contributed by atoms with Crippen molar-refractivity contribution in [2.24, 2.45) is 5.73 Å². The molecule has 22 heavy (non-hydrogen) atoms. The van der Waals surface area contributed by atoms with E-state index in [9.17, 15) is 28.8 Å². The van der Waals surface area contributed by atoms with Crippen molar-refractivity contribution in [3.8, 4) is 0 Å². The molecular weight excluding hydrogens is 298 g/mol. The van der Waals surface area contributed by atoms with Crippen molar-refractivity contribution < 1.29 is 33.5 Å². The van der Waals surface area contributed by atoms with E-state index in [1.807, 2.05) is 0 Å². The molecule has 0 radical (unpaired) electrons. The minimum absolute atomic E-state index is 0.235. The van der Waals surface area contributed by atoms with Gasteiger partial charge in [0.25, 0.3) is 5.91 Å². The van der Waals surface area contributed by atoms with E-state index < -0.39 is 66.5 Å². The van der Waals surface area contributed by atoms with Crippen molar-refractivity contribution in [1.29, 1.82) is 0 Å². The number of nitrogens with zero attached hydrogens (tertiary/aromatic N) is 2. The second-order valence-electron chi connectivity index (χ2n) is 5.25. The number of carbonyl (C=O) groups is 6. The summed E-state index contributed by atoms with van der Waals surface area (Å²) < 4.78 is 4.31. The van der Waals surface area contributed by atoms with Gasteiger partial charge in [-0.1, -0.05) is 0 Å². The molecule has 0 saturated carbocycles. The second-order valence-corrected chi connectivity index (χ2v) is 5.25. The van der Waals surface area contributed by atoms with Gasteiger partial charge < -0.3 is 10.5 Å². The number of rotatable bonds is 2. The molecule has 0 aromatic rings. The minimum atomic E-state index is -1.33. The molecule has 3 rings (SSSR count). The summed E-state index contributed by atoms with van der Waals surface area (Å²) in [5.41, 5.74) is 5.46. The van der Waals surface area contributed by atoms with Gasteiger partial charge in [-0.2, -0.15) is 0 Å². The number of amides is 4. The molecule has 0 aromatic carbocycles. The maximum atomic E-state index is 12.3. The van der Waals surface area contributed by atoms with Crippen LogP contribution in [0.4, 0.5) is 0 Å². The molecule has 4 amide bonds. The predicted molar refractivity (Wildman–Crippen MR) is 64.2 cm³/mol. The molecule has 3 saturated heterocycles. The Bertz CT molecular complexity index is 643. The van der Waals surface area contributed by atoms with Crippen LogP contribution in [0.25, 0.3) is 0 Å². The summed E-state index contributed by atoms with van der Waals surface area (Å²) in [7, 11) is 0. The normalized spacial score (nSPS) is 32.5. The Morgan fingerprint density at radius 3 is 1.91 bits per heavy atom. The first-order valence-corrected chi connectivity index (χ1v) is 6.53. The number of imide groups is 2. The standard InChI is InChI=1S/C12H11N3O7/c13-4-1-7(16)14(10(4)19)5-2-8(17)15(11(5)20)6-3-9(18)22-12(6)21/h4-6H,1-3,13H2. The topological polar surface area (TPSA) is 144 Å². The first kappa shape index (κ1) is 14.3. The van der Waals surface area contributed by atoms with E-state index in [-0.39, 0.29) is 6.42 Å². The average molecular weight is 309 g/mol. The first-order chi connectivity index (χ1) is 10.3. The number of hydrogen-bond acceptors (Lipinski definition) is 8. The first-order valence-electron chi connectivity index (χ1n) is 6.53. The number of ether oxygens (including phenoxy) is 1. The fourth-order valence-electron chi connectivity index (χ4n) is 2.83. The molecule has 0 aliphatic carbocycles. The summed E-state index contributed by atoms with van der Waals surface area (Å²) in [5, 5.41) is 0. The predicted octanol–water partition coefficient (Wildman–Crippen LogP) is -2.96. The van der Waals surface area contributed by atoms with Gasteiger partial charge in [0.2, 0.25) is 17.7 Å². The van der Waals surface area contributed by atoms with Crippen molar-refractivity contribution in [1.82, 2.24) is 9.80 Å². The lowest BCUT2D eigenvalue weighted by molar-refractivity contribution is -0.157. The number of carbonyl (C=O) groups excluding carboxylic acids is 6. The Kier molecular flexibility index (Phi) is 3.06. The van der Waals surface area contributed by atoms with Gasteiger partial charge in [0.15, 0.2) is 0 Å². The van der Waals surface area contributed by atoms with Crippen LogP contribution < -0.4 is 5.73 Å². The second kappa shape index (κ2) is 4.70. The molecule has 3 fully saturated rings. The van der Waals surface area contributed by atoms with Crippen molar-refractivity contribution in [2.75, 3.05) is 0 Å². The molecular formula is C12H11N3O7. The molecule has 3 unspecified atom stereocenters. The summed E-state index contributed by atoms with van der Waals surface area (Å²) in [6, 6.07) is -3.69. The largest absolute Gasteiger partial charge is 0.392 e. The smallest absolute Gasteiger partial charge is 0.337 e. The van der Waals surface area contributed by atoms with E-state index in [2.05, 4.69) is 4.74 Å². The summed E-state index contributed by atoms with van der Waals surface area (Å²) in [6.07, 6.45) is -1.09. The Morgan fingerprint density at radius 1 is 0.818 bits per heavy atom. The van der Waals surface area contributed by atoms with E-state index in [4.69, 9.17) is 5.73 Å². The Hall–Kier alpha value is -2.62. The molecule has 116 valence electrons. The van der Waals surface area contributed by atoms with Gasteiger partial charge in [-0.25, -0.2) is 4.79 Å². The average Bonchev–Trinajstić information content (AvgIpc) is 2.97. The number of cyclic esters (lactones) is 2. The molecule has 10 nitrogen and oxygen atoms in total. The van der Waals surface area contributed by atoms with Gasteiger partial charge in [0.05, 0.1) is 25.3 Å². The van der Waals surface area contributed by atoms with Crippen LogP contribution in [0.5, 0.6) is 0 Å². The van der Waals surface area contributed by atoms with Crippen LogP contribution in [0.3, 0.4) is 0 Å².